The number of benzene rings is 1. The molecule has 1 saturated heterocycles. The molecule has 1 aliphatic rings. The second-order valence-electron chi connectivity index (χ2n) is 6.11. The van der Waals surface area contributed by atoms with E-state index in [-0.39, 0.29) is 29.7 Å². The van der Waals surface area contributed by atoms with E-state index >= 15 is 0 Å². The van der Waals surface area contributed by atoms with Crippen molar-refractivity contribution in [3.05, 3.63) is 35.6 Å². The van der Waals surface area contributed by atoms with Crippen molar-refractivity contribution >= 4 is 5.91 Å². The third-order valence-electron chi connectivity index (χ3n) is 4.94. The van der Waals surface area contributed by atoms with Gasteiger partial charge >= 0.3 is 0 Å². The van der Waals surface area contributed by atoms with Gasteiger partial charge in [0, 0.05) is 19.7 Å². The lowest BCUT2D eigenvalue weighted by Crippen LogP contribution is -2.45. The summed E-state index contributed by atoms with van der Waals surface area (Å²) in [5.41, 5.74) is 0.688. The molecule has 0 bridgehead atoms. The summed E-state index contributed by atoms with van der Waals surface area (Å²) in [5.74, 6) is -0.594. The highest BCUT2D eigenvalue weighted by Crippen LogP contribution is 2.35. The van der Waals surface area contributed by atoms with Crippen molar-refractivity contribution < 1.29 is 14.3 Å². The Hall–Kier alpha value is -1.42. The highest BCUT2D eigenvalue weighted by molar-refractivity contribution is 5.83. The van der Waals surface area contributed by atoms with Gasteiger partial charge in [0.15, 0.2) is 0 Å². The molecule has 0 radical (unpaired) electrons. The van der Waals surface area contributed by atoms with Gasteiger partial charge in [0.1, 0.15) is 5.82 Å². The molecule has 1 atom stereocenters. The van der Waals surface area contributed by atoms with Gasteiger partial charge in [0.2, 0.25) is 5.91 Å². The Bertz CT molecular complexity index is 489. The summed E-state index contributed by atoms with van der Waals surface area (Å²) in [7, 11) is 0. The van der Waals surface area contributed by atoms with Crippen LogP contribution in [0.1, 0.15) is 44.6 Å². The lowest BCUT2D eigenvalue weighted by Gasteiger charge is -2.41. The van der Waals surface area contributed by atoms with E-state index in [4.69, 9.17) is 0 Å². The van der Waals surface area contributed by atoms with Crippen molar-refractivity contribution in [3.63, 3.8) is 0 Å². The number of carbonyl (C=O) groups is 1. The zero-order valence-corrected chi connectivity index (χ0v) is 12.8. The zero-order valence-electron chi connectivity index (χ0n) is 12.8. The number of halogens is 1. The fourth-order valence-corrected chi connectivity index (χ4v) is 3.02. The minimum atomic E-state index is -0.330. The van der Waals surface area contributed by atoms with Crippen molar-refractivity contribution in [3.8, 4) is 0 Å². The van der Waals surface area contributed by atoms with E-state index in [1.165, 1.54) is 12.1 Å². The fourth-order valence-electron chi connectivity index (χ4n) is 3.02. The molecule has 1 N–H and O–H groups in total. The molecular formula is C17H24FNO2. The molecule has 1 aromatic rings. The predicted octanol–water partition coefficient (Wildman–Crippen LogP) is 2.94. The number of piperidine rings is 1. The van der Waals surface area contributed by atoms with E-state index in [9.17, 15) is 14.3 Å². The van der Waals surface area contributed by atoms with Gasteiger partial charge in [-0.25, -0.2) is 4.39 Å². The van der Waals surface area contributed by atoms with Gasteiger partial charge in [0.25, 0.3) is 0 Å². The minimum Gasteiger partial charge on any atom is -0.396 e. The van der Waals surface area contributed by atoms with Crippen LogP contribution in [-0.2, 0) is 4.79 Å². The summed E-state index contributed by atoms with van der Waals surface area (Å²) in [5, 5.41) is 9.54. The Labute approximate surface area is 125 Å². The number of likely N-dealkylation sites (tertiary alicyclic amines) is 1. The Balaban J connectivity index is 2.02. The third kappa shape index (κ3) is 3.43. The number of rotatable bonds is 4. The SMILES string of the molecule is CCC1(CO)CCN(C(=O)C(C)c2cccc(F)c2)CC1. The molecule has 0 aromatic heterocycles. The number of amides is 1. The smallest absolute Gasteiger partial charge is 0.229 e. The highest BCUT2D eigenvalue weighted by atomic mass is 19.1. The first-order valence-corrected chi connectivity index (χ1v) is 7.66. The first kappa shape index (κ1) is 16.0. The molecule has 4 heteroatoms. The molecule has 1 fully saturated rings. The molecule has 1 aliphatic heterocycles. The number of aliphatic hydroxyl groups is 1. The summed E-state index contributed by atoms with van der Waals surface area (Å²) >= 11 is 0. The van der Waals surface area contributed by atoms with Gasteiger partial charge in [-0.3, -0.25) is 4.79 Å². The lowest BCUT2D eigenvalue weighted by atomic mass is 9.77. The van der Waals surface area contributed by atoms with Crippen LogP contribution in [0.4, 0.5) is 4.39 Å². The maximum Gasteiger partial charge on any atom is 0.229 e. The van der Waals surface area contributed by atoms with Crippen LogP contribution in [0, 0.1) is 11.2 Å². The molecule has 3 nitrogen and oxygen atoms in total. The minimum absolute atomic E-state index is 0.0289. The van der Waals surface area contributed by atoms with Crippen LogP contribution < -0.4 is 0 Å². The molecule has 0 aliphatic carbocycles. The van der Waals surface area contributed by atoms with Gasteiger partial charge in [-0.2, -0.15) is 0 Å². The van der Waals surface area contributed by atoms with Crippen LogP contribution in [-0.4, -0.2) is 35.6 Å². The monoisotopic (exact) mass is 293 g/mol. The average Bonchev–Trinajstić information content (AvgIpc) is 2.53. The number of carbonyl (C=O) groups excluding carboxylic acids is 1. The predicted molar refractivity (Wildman–Crippen MR) is 80.4 cm³/mol. The molecule has 0 spiro atoms. The van der Waals surface area contributed by atoms with Crippen molar-refractivity contribution in [1.29, 1.82) is 0 Å². The molecule has 1 unspecified atom stereocenters. The Morgan fingerprint density at radius 3 is 2.62 bits per heavy atom. The Morgan fingerprint density at radius 1 is 1.43 bits per heavy atom. The first-order chi connectivity index (χ1) is 10.0. The van der Waals surface area contributed by atoms with Crippen molar-refractivity contribution in [1.82, 2.24) is 4.90 Å². The number of aliphatic hydroxyl groups excluding tert-OH is 1. The Morgan fingerprint density at radius 2 is 2.10 bits per heavy atom. The standard InChI is InChI=1S/C17H24FNO2/c1-3-17(12-20)7-9-19(10-8-17)16(21)13(2)14-5-4-6-15(18)11-14/h4-6,11,13,20H,3,7-10,12H2,1-2H3. The Kier molecular flexibility index (Phi) is 4.99. The number of hydrogen-bond acceptors (Lipinski definition) is 2. The average molecular weight is 293 g/mol. The molecule has 0 saturated carbocycles. The van der Waals surface area contributed by atoms with Gasteiger partial charge in [0.05, 0.1) is 5.92 Å². The molecule has 2 rings (SSSR count). The molecule has 21 heavy (non-hydrogen) atoms. The second-order valence-corrected chi connectivity index (χ2v) is 6.11. The molecular weight excluding hydrogens is 269 g/mol. The quantitative estimate of drug-likeness (QED) is 0.927. The molecule has 1 amide bonds. The van der Waals surface area contributed by atoms with Crippen LogP contribution in [0.3, 0.4) is 0 Å². The van der Waals surface area contributed by atoms with E-state index in [0.29, 0.717) is 13.1 Å². The summed E-state index contributed by atoms with van der Waals surface area (Å²) in [6.45, 7) is 5.44. The van der Waals surface area contributed by atoms with Crippen molar-refractivity contribution in [2.24, 2.45) is 5.41 Å². The van der Waals surface area contributed by atoms with Gasteiger partial charge in [-0.1, -0.05) is 19.1 Å². The zero-order chi connectivity index (χ0) is 15.5. The molecule has 1 heterocycles. The van der Waals surface area contributed by atoms with Crippen molar-refractivity contribution in [2.75, 3.05) is 19.7 Å². The molecule has 1 aromatic carbocycles. The maximum absolute atomic E-state index is 13.3. The molecule has 116 valence electrons. The van der Waals surface area contributed by atoms with Gasteiger partial charge < -0.3 is 10.0 Å². The first-order valence-electron chi connectivity index (χ1n) is 7.66. The summed E-state index contributed by atoms with van der Waals surface area (Å²) in [6, 6.07) is 6.24. The lowest BCUT2D eigenvalue weighted by molar-refractivity contribution is -0.135. The van der Waals surface area contributed by atoms with Crippen LogP contribution >= 0.6 is 0 Å². The van der Waals surface area contributed by atoms with E-state index in [2.05, 4.69) is 6.92 Å². The van der Waals surface area contributed by atoms with Crippen LogP contribution in [0.5, 0.6) is 0 Å². The normalized spacial score (nSPS) is 19.3. The maximum atomic E-state index is 13.3. The van der Waals surface area contributed by atoms with E-state index in [1.807, 2.05) is 11.8 Å². The van der Waals surface area contributed by atoms with Crippen LogP contribution in [0.2, 0.25) is 0 Å². The fraction of sp³-hybridized carbons (Fsp3) is 0.588. The van der Waals surface area contributed by atoms with Crippen LogP contribution in [0.15, 0.2) is 24.3 Å². The van der Waals surface area contributed by atoms with Crippen molar-refractivity contribution in [2.45, 2.75) is 39.0 Å². The van der Waals surface area contributed by atoms with E-state index in [1.54, 1.807) is 12.1 Å². The largest absolute Gasteiger partial charge is 0.396 e. The summed E-state index contributed by atoms with van der Waals surface area (Å²) in [6.07, 6.45) is 2.61. The summed E-state index contributed by atoms with van der Waals surface area (Å²) < 4.78 is 13.3. The van der Waals surface area contributed by atoms with Gasteiger partial charge in [-0.05, 0) is 49.3 Å². The topological polar surface area (TPSA) is 40.5 Å². The summed E-state index contributed by atoms with van der Waals surface area (Å²) in [4.78, 5) is 14.4. The van der Waals surface area contributed by atoms with Crippen LogP contribution in [0.25, 0.3) is 0 Å². The number of hydrogen-bond donors (Lipinski definition) is 1. The van der Waals surface area contributed by atoms with E-state index < -0.39 is 0 Å². The third-order valence-corrected chi connectivity index (χ3v) is 4.94. The number of nitrogens with zero attached hydrogens (tertiary/aromatic N) is 1. The van der Waals surface area contributed by atoms with E-state index in [0.717, 1.165) is 24.8 Å². The highest BCUT2D eigenvalue weighted by Gasteiger charge is 2.35. The second kappa shape index (κ2) is 6.56. The van der Waals surface area contributed by atoms with Gasteiger partial charge in [-0.15, -0.1) is 0 Å².